The van der Waals surface area contributed by atoms with Crippen LogP contribution in [0.1, 0.15) is 25.3 Å². The number of carbonyl (C=O) groups excluding carboxylic acids is 1. The van der Waals surface area contributed by atoms with Gasteiger partial charge in [0.15, 0.2) is 0 Å². The molecule has 0 aliphatic carbocycles. The van der Waals surface area contributed by atoms with Gasteiger partial charge in [0.25, 0.3) is 0 Å². The Morgan fingerprint density at radius 1 is 1.50 bits per heavy atom. The fourth-order valence-corrected chi connectivity index (χ4v) is 2.53. The Balaban J connectivity index is 2.08. The van der Waals surface area contributed by atoms with Crippen LogP contribution in [0.5, 0.6) is 0 Å². The molecule has 2 rings (SSSR count). The fraction of sp³-hybridized carbons (Fsp3) is 0.467. The van der Waals surface area contributed by atoms with Gasteiger partial charge in [-0.2, -0.15) is 5.26 Å². The van der Waals surface area contributed by atoms with Crippen molar-refractivity contribution < 1.29 is 13.9 Å². The van der Waals surface area contributed by atoms with Gasteiger partial charge < -0.3 is 9.64 Å². The summed E-state index contributed by atoms with van der Waals surface area (Å²) in [6.07, 6.45) is 1.25. The number of para-hydroxylation sites is 1. The smallest absolute Gasteiger partial charge is 0.309 e. The van der Waals surface area contributed by atoms with E-state index in [-0.39, 0.29) is 11.9 Å². The number of nitrogens with zero attached hydrogens (tertiary/aromatic N) is 2. The number of carbonyl (C=O) groups is 1. The van der Waals surface area contributed by atoms with E-state index in [4.69, 9.17) is 10.00 Å². The van der Waals surface area contributed by atoms with Crippen molar-refractivity contribution in [2.45, 2.75) is 19.8 Å². The third kappa shape index (κ3) is 2.90. The minimum absolute atomic E-state index is 0.122. The summed E-state index contributed by atoms with van der Waals surface area (Å²) in [5.41, 5.74) is 0.678. The van der Waals surface area contributed by atoms with Crippen molar-refractivity contribution in [2.75, 3.05) is 24.6 Å². The highest BCUT2D eigenvalue weighted by Crippen LogP contribution is 2.29. The van der Waals surface area contributed by atoms with Gasteiger partial charge in [0.05, 0.1) is 23.8 Å². The molecular weight excluding hydrogens is 259 g/mol. The molecule has 0 radical (unpaired) electrons. The first-order chi connectivity index (χ1) is 9.67. The fourth-order valence-electron chi connectivity index (χ4n) is 2.53. The summed E-state index contributed by atoms with van der Waals surface area (Å²) in [4.78, 5) is 13.5. The van der Waals surface area contributed by atoms with Crippen LogP contribution in [0.25, 0.3) is 0 Å². The van der Waals surface area contributed by atoms with Crippen molar-refractivity contribution in [3.63, 3.8) is 0 Å². The van der Waals surface area contributed by atoms with E-state index in [2.05, 4.69) is 0 Å². The number of nitriles is 1. The molecule has 20 heavy (non-hydrogen) atoms. The maximum absolute atomic E-state index is 13.9. The second-order valence-corrected chi connectivity index (χ2v) is 4.76. The van der Waals surface area contributed by atoms with Crippen LogP contribution < -0.4 is 4.90 Å². The Morgan fingerprint density at radius 3 is 2.80 bits per heavy atom. The van der Waals surface area contributed by atoms with Crippen LogP contribution in [0, 0.1) is 23.1 Å². The monoisotopic (exact) mass is 276 g/mol. The lowest BCUT2D eigenvalue weighted by atomic mass is 9.96. The van der Waals surface area contributed by atoms with E-state index in [1.165, 1.54) is 12.1 Å². The lowest BCUT2D eigenvalue weighted by molar-refractivity contribution is -0.148. The normalized spacial score (nSPS) is 15.8. The van der Waals surface area contributed by atoms with Gasteiger partial charge in [-0.05, 0) is 31.9 Å². The number of esters is 1. The molecule has 0 saturated carbocycles. The number of piperidine rings is 1. The maximum Gasteiger partial charge on any atom is 0.309 e. The van der Waals surface area contributed by atoms with Crippen LogP contribution in [0.15, 0.2) is 18.2 Å². The number of rotatable bonds is 3. The molecule has 0 spiro atoms. The van der Waals surface area contributed by atoms with Gasteiger partial charge in [-0.25, -0.2) is 4.39 Å². The van der Waals surface area contributed by atoms with Crippen molar-refractivity contribution in [3.05, 3.63) is 29.6 Å². The molecule has 1 heterocycles. The molecule has 1 saturated heterocycles. The van der Waals surface area contributed by atoms with Gasteiger partial charge in [-0.3, -0.25) is 4.79 Å². The predicted octanol–water partition coefficient (Wildman–Crippen LogP) is 2.48. The van der Waals surface area contributed by atoms with Gasteiger partial charge in [-0.1, -0.05) is 6.07 Å². The lowest BCUT2D eigenvalue weighted by Gasteiger charge is -2.33. The second kappa shape index (κ2) is 6.38. The third-order valence-corrected chi connectivity index (χ3v) is 3.54. The lowest BCUT2D eigenvalue weighted by Crippen LogP contribution is -2.37. The Morgan fingerprint density at radius 2 is 2.20 bits per heavy atom. The quantitative estimate of drug-likeness (QED) is 0.796. The first kappa shape index (κ1) is 14.3. The molecule has 1 aliphatic rings. The Kier molecular flexibility index (Phi) is 4.57. The summed E-state index contributed by atoms with van der Waals surface area (Å²) >= 11 is 0. The highest BCUT2D eigenvalue weighted by atomic mass is 19.1. The van der Waals surface area contributed by atoms with E-state index in [9.17, 15) is 9.18 Å². The van der Waals surface area contributed by atoms with E-state index in [1.54, 1.807) is 13.0 Å². The van der Waals surface area contributed by atoms with Crippen LogP contribution in [0.2, 0.25) is 0 Å². The molecule has 1 aromatic rings. The summed E-state index contributed by atoms with van der Waals surface area (Å²) in [6, 6.07) is 6.51. The van der Waals surface area contributed by atoms with Crippen LogP contribution in [0.4, 0.5) is 10.1 Å². The average molecular weight is 276 g/mol. The van der Waals surface area contributed by atoms with Gasteiger partial charge in [-0.15, -0.1) is 0 Å². The van der Waals surface area contributed by atoms with E-state index >= 15 is 0 Å². The number of hydrogen-bond donors (Lipinski definition) is 0. The Bertz CT molecular complexity index is 531. The van der Waals surface area contributed by atoms with E-state index in [1.807, 2.05) is 11.0 Å². The predicted molar refractivity (Wildman–Crippen MR) is 72.7 cm³/mol. The molecule has 1 aromatic carbocycles. The Hall–Kier alpha value is -2.09. The standard InChI is InChI=1S/C15H17FN2O2/c1-2-20-15(19)11-6-8-18(9-7-11)14-12(10-17)4-3-5-13(14)16/h3-5,11H,2,6-9H2,1H3. The van der Waals surface area contributed by atoms with E-state index < -0.39 is 5.82 Å². The number of hydrogen-bond acceptors (Lipinski definition) is 4. The van der Waals surface area contributed by atoms with Crippen molar-refractivity contribution in [1.82, 2.24) is 0 Å². The van der Waals surface area contributed by atoms with Crippen LogP contribution in [0.3, 0.4) is 0 Å². The molecule has 0 amide bonds. The summed E-state index contributed by atoms with van der Waals surface area (Å²) in [5, 5.41) is 9.07. The summed E-state index contributed by atoms with van der Waals surface area (Å²) in [5.74, 6) is -0.691. The van der Waals surface area contributed by atoms with Crippen LogP contribution in [-0.4, -0.2) is 25.7 Å². The minimum Gasteiger partial charge on any atom is -0.466 e. The highest BCUT2D eigenvalue weighted by molar-refractivity contribution is 5.73. The van der Waals surface area contributed by atoms with Crippen LogP contribution in [-0.2, 0) is 9.53 Å². The summed E-state index contributed by atoms with van der Waals surface area (Å²) in [6.45, 7) is 3.27. The van der Waals surface area contributed by atoms with Crippen LogP contribution >= 0.6 is 0 Å². The van der Waals surface area contributed by atoms with Gasteiger partial charge >= 0.3 is 5.97 Å². The summed E-state index contributed by atoms with van der Waals surface area (Å²) < 4.78 is 18.9. The molecule has 0 N–H and O–H groups in total. The summed E-state index contributed by atoms with van der Waals surface area (Å²) in [7, 11) is 0. The first-order valence-corrected chi connectivity index (χ1v) is 6.77. The molecule has 0 aromatic heterocycles. The van der Waals surface area contributed by atoms with Gasteiger partial charge in [0.2, 0.25) is 0 Å². The largest absolute Gasteiger partial charge is 0.466 e. The Labute approximate surface area is 117 Å². The number of ether oxygens (including phenoxy) is 1. The van der Waals surface area contributed by atoms with E-state index in [0.717, 1.165) is 0 Å². The van der Waals surface area contributed by atoms with Crippen molar-refractivity contribution in [2.24, 2.45) is 5.92 Å². The van der Waals surface area contributed by atoms with Gasteiger partial charge in [0, 0.05) is 13.1 Å². The average Bonchev–Trinajstić information content (AvgIpc) is 2.47. The minimum atomic E-state index is -0.390. The molecule has 4 nitrogen and oxygen atoms in total. The zero-order valence-electron chi connectivity index (χ0n) is 11.4. The second-order valence-electron chi connectivity index (χ2n) is 4.76. The number of halogens is 1. The SMILES string of the molecule is CCOC(=O)C1CCN(c2c(F)cccc2C#N)CC1. The van der Waals surface area contributed by atoms with Gasteiger partial charge in [0.1, 0.15) is 11.9 Å². The number of benzene rings is 1. The van der Waals surface area contributed by atoms with Crippen molar-refractivity contribution in [1.29, 1.82) is 5.26 Å². The molecule has 0 atom stereocenters. The number of anilines is 1. The highest BCUT2D eigenvalue weighted by Gasteiger charge is 2.28. The topological polar surface area (TPSA) is 53.3 Å². The zero-order chi connectivity index (χ0) is 14.5. The molecule has 1 aliphatic heterocycles. The molecule has 0 bridgehead atoms. The molecule has 1 fully saturated rings. The maximum atomic E-state index is 13.9. The molecule has 5 heteroatoms. The van der Waals surface area contributed by atoms with E-state index in [0.29, 0.717) is 43.8 Å². The molecule has 106 valence electrons. The van der Waals surface area contributed by atoms with Crippen molar-refractivity contribution >= 4 is 11.7 Å². The molecule has 0 unspecified atom stereocenters. The third-order valence-electron chi connectivity index (χ3n) is 3.54. The van der Waals surface area contributed by atoms with Crippen molar-refractivity contribution in [3.8, 4) is 6.07 Å². The zero-order valence-corrected chi connectivity index (χ0v) is 11.4. The first-order valence-electron chi connectivity index (χ1n) is 6.77. The molecular formula is C15H17FN2O2.